The zero-order valence-corrected chi connectivity index (χ0v) is 29.7. The Morgan fingerprint density at radius 1 is 1.00 bits per heavy atom. The van der Waals surface area contributed by atoms with Crippen molar-refractivity contribution in [2.24, 2.45) is 0 Å². The first kappa shape index (κ1) is 40.8. The number of imidazole rings is 1. The molecule has 10 unspecified atom stereocenters. The van der Waals surface area contributed by atoms with Gasteiger partial charge in [0.25, 0.3) is 0 Å². The first-order valence-electron chi connectivity index (χ1n) is 16.4. The Hall–Kier alpha value is -3.33. The van der Waals surface area contributed by atoms with Gasteiger partial charge in [0.2, 0.25) is 5.91 Å². The number of phosphoric ester groups is 1. The van der Waals surface area contributed by atoms with Crippen molar-refractivity contribution in [1.29, 1.82) is 0 Å². The standard InChI is InChI=1S/C28H44N9O15P/c1-15(40)33-19-22(42)21(41)17(10-38)51-28(19)48-8-7-47-6-5-46-4-3-36-9-16(34-35-36)12-49-24-23(52-53(43,44)45-2)18(11-39)50-27(24)37-14-32-20-25(29)30-13-31-26(20)37/h9,13-14,17-19,21-24,27-28,38-39,41-42H,3-8,10-12H2,1-2H3,(H,33,40)(H,43,44)(H2,29,30,31). The molecule has 0 aliphatic carbocycles. The van der Waals surface area contributed by atoms with E-state index in [1.807, 2.05) is 0 Å². The van der Waals surface area contributed by atoms with Crippen LogP contribution in [0, 0.1) is 0 Å². The van der Waals surface area contributed by atoms with Crippen molar-refractivity contribution in [2.45, 2.75) is 75.3 Å². The molecule has 8 N–H and O–H groups in total. The van der Waals surface area contributed by atoms with Crippen LogP contribution >= 0.6 is 7.82 Å². The van der Waals surface area contributed by atoms with Crippen LogP contribution in [0.25, 0.3) is 11.2 Å². The van der Waals surface area contributed by atoms with Gasteiger partial charge in [-0.3, -0.25) is 18.4 Å². The number of aromatic nitrogens is 7. The molecule has 296 valence electrons. The number of aliphatic hydroxyl groups is 4. The molecule has 2 saturated heterocycles. The summed E-state index contributed by atoms with van der Waals surface area (Å²) in [4.78, 5) is 34.0. The molecule has 25 heteroatoms. The van der Waals surface area contributed by atoms with E-state index in [1.165, 1.54) is 28.8 Å². The zero-order valence-electron chi connectivity index (χ0n) is 28.8. The Morgan fingerprint density at radius 2 is 1.74 bits per heavy atom. The van der Waals surface area contributed by atoms with Crippen molar-refractivity contribution < 1.29 is 72.1 Å². The fourth-order valence-electron chi connectivity index (χ4n) is 5.65. The van der Waals surface area contributed by atoms with Crippen molar-refractivity contribution in [1.82, 2.24) is 39.8 Å². The summed E-state index contributed by atoms with van der Waals surface area (Å²) in [6.07, 6.45) is -5.26. The summed E-state index contributed by atoms with van der Waals surface area (Å²) in [6, 6.07) is -1.04. The highest BCUT2D eigenvalue weighted by molar-refractivity contribution is 7.47. The van der Waals surface area contributed by atoms with Gasteiger partial charge >= 0.3 is 7.82 Å². The molecule has 2 aliphatic rings. The maximum Gasteiger partial charge on any atom is 0.472 e. The Kier molecular flexibility index (Phi) is 14.5. The summed E-state index contributed by atoms with van der Waals surface area (Å²) in [5.41, 5.74) is 6.91. The molecule has 0 bridgehead atoms. The number of carbonyl (C=O) groups is 1. The highest BCUT2D eigenvalue weighted by Crippen LogP contribution is 2.48. The lowest BCUT2D eigenvalue weighted by Gasteiger charge is -2.42. The van der Waals surface area contributed by atoms with Crippen molar-refractivity contribution >= 4 is 30.7 Å². The van der Waals surface area contributed by atoms with E-state index in [2.05, 4.69) is 35.1 Å². The molecular formula is C28H44N9O15P. The number of nitrogens with zero attached hydrogens (tertiary/aromatic N) is 7. The van der Waals surface area contributed by atoms with Gasteiger partial charge in [-0.1, -0.05) is 5.21 Å². The molecule has 5 heterocycles. The lowest BCUT2D eigenvalue weighted by Crippen LogP contribution is -2.64. The number of aliphatic hydroxyl groups excluding tert-OH is 4. The van der Waals surface area contributed by atoms with E-state index in [4.69, 9.17) is 38.7 Å². The van der Waals surface area contributed by atoms with E-state index in [0.717, 1.165) is 7.11 Å². The van der Waals surface area contributed by atoms with Crippen LogP contribution in [0.2, 0.25) is 0 Å². The number of fused-ring (bicyclic) bond motifs is 1. The second-order valence-corrected chi connectivity index (χ2v) is 13.3. The lowest BCUT2D eigenvalue weighted by atomic mass is 9.97. The molecule has 53 heavy (non-hydrogen) atoms. The summed E-state index contributed by atoms with van der Waals surface area (Å²) in [5.74, 6) is -0.332. The van der Waals surface area contributed by atoms with E-state index < -0.39 is 82.1 Å². The first-order chi connectivity index (χ1) is 25.5. The molecule has 0 spiro atoms. The van der Waals surface area contributed by atoms with E-state index in [0.29, 0.717) is 23.4 Å². The number of nitrogens with two attached hydrogens (primary N) is 1. The summed E-state index contributed by atoms with van der Waals surface area (Å²) < 4.78 is 59.7. The largest absolute Gasteiger partial charge is 0.472 e. The molecule has 2 fully saturated rings. The normalized spacial score (nSPS) is 28.7. The van der Waals surface area contributed by atoms with Gasteiger partial charge in [-0.15, -0.1) is 5.10 Å². The van der Waals surface area contributed by atoms with Gasteiger partial charge in [0.15, 0.2) is 24.0 Å². The van der Waals surface area contributed by atoms with Gasteiger partial charge in [0.05, 0.1) is 71.9 Å². The SMILES string of the molecule is COP(=O)(O)OC1C(CO)OC(n2cnc3c(N)ncnc32)C1OCc1cn(CCOCCOCCOC2OC(CO)C(O)C(O)C2NC(C)=O)nn1. The summed E-state index contributed by atoms with van der Waals surface area (Å²) >= 11 is 0. The molecule has 0 aromatic carbocycles. The highest BCUT2D eigenvalue weighted by atomic mass is 31.2. The highest BCUT2D eigenvalue weighted by Gasteiger charge is 2.51. The maximum absolute atomic E-state index is 12.4. The molecule has 0 saturated carbocycles. The minimum atomic E-state index is -4.55. The predicted octanol–water partition coefficient (Wildman–Crippen LogP) is -3.40. The number of phosphoric acid groups is 1. The molecule has 3 aromatic heterocycles. The van der Waals surface area contributed by atoms with Crippen molar-refractivity contribution in [3.05, 3.63) is 24.5 Å². The fourth-order valence-corrected chi connectivity index (χ4v) is 6.30. The third-order valence-corrected chi connectivity index (χ3v) is 9.19. The number of hydrogen-bond acceptors (Lipinski definition) is 20. The lowest BCUT2D eigenvalue weighted by molar-refractivity contribution is -0.272. The molecule has 2 aliphatic heterocycles. The smallest absolute Gasteiger partial charge is 0.394 e. The van der Waals surface area contributed by atoms with Crippen molar-refractivity contribution in [3.8, 4) is 0 Å². The van der Waals surface area contributed by atoms with Gasteiger partial charge in [0, 0.05) is 14.0 Å². The third-order valence-electron chi connectivity index (χ3n) is 8.22. The topological polar surface area (TPSA) is 321 Å². The first-order valence-corrected chi connectivity index (χ1v) is 17.9. The van der Waals surface area contributed by atoms with Crippen LogP contribution in [0.15, 0.2) is 18.9 Å². The van der Waals surface area contributed by atoms with Gasteiger partial charge in [-0.25, -0.2) is 24.2 Å². The summed E-state index contributed by atoms with van der Waals surface area (Å²) in [7, 11) is -3.55. The number of carbonyl (C=O) groups excluding carboxylic acids is 1. The third kappa shape index (κ3) is 10.3. The zero-order chi connectivity index (χ0) is 38.1. The molecule has 3 aromatic rings. The van der Waals surface area contributed by atoms with Crippen LogP contribution in [-0.4, -0.2) is 168 Å². The monoisotopic (exact) mass is 777 g/mol. The average Bonchev–Trinajstić information content (AvgIpc) is 3.86. The molecule has 0 radical (unpaired) electrons. The summed E-state index contributed by atoms with van der Waals surface area (Å²) in [6.45, 7) is 1.18. The van der Waals surface area contributed by atoms with Crippen molar-refractivity contribution in [3.63, 3.8) is 0 Å². The van der Waals surface area contributed by atoms with Crippen LogP contribution in [-0.2, 0) is 60.0 Å². The number of nitrogens with one attached hydrogen (secondary N) is 1. The Labute approximate surface area is 301 Å². The van der Waals surface area contributed by atoms with Crippen molar-refractivity contribution in [2.75, 3.05) is 59.1 Å². The van der Waals surface area contributed by atoms with Gasteiger partial charge in [-0.05, 0) is 0 Å². The van der Waals surface area contributed by atoms with E-state index in [-0.39, 0.29) is 45.5 Å². The van der Waals surface area contributed by atoms with Gasteiger partial charge in [-0.2, -0.15) is 0 Å². The molecule has 1 amide bonds. The summed E-state index contributed by atoms with van der Waals surface area (Å²) in [5, 5.41) is 50.5. The van der Waals surface area contributed by atoms with Crippen LogP contribution in [0.1, 0.15) is 18.8 Å². The fraction of sp³-hybridized carbons (Fsp3) is 0.714. The molecular weight excluding hydrogens is 733 g/mol. The Balaban J connectivity index is 1.07. The maximum atomic E-state index is 12.4. The number of hydrogen-bond donors (Lipinski definition) is 7. The molecule has 5 rings (SSSR count). The van der Waals surface area contributed by atoms with E-state index in [9.17, 15) is 34.7 Å². The molecule has 10 atom stereocenters. The van der Waals surface area contributed by atoms with Crippen LogP contribution in [0.4, 0.5) is 5.82 Å². The second kappa shape index (κ2) is 18.8. The van der Waals surface area contributed by atoms with Gasteiger partial charge in [0.1, 0.15) is 60.2 Å². The Morgan fingerprint density at radius 3 is 2.45 bits per heavy atom. The predicted molar refractivity (Wildman–Crippen MR) is 174 cm³/mol. The van der Waals surface area contributed by atoms with E-state index in [1.54, 1.807) is 6.20 Å². The quantitative estimate of drug-likeness (QED) is 0.0434. The number of anilines is 1. The average molecular weight is 778 g/mol. The van der Waals surface area contributed by atoms with Crippen LogP contribution < -0.4 is 11.1 Å². The van der Waals surface area contributed by atoms with Gasteiger partial charge < -0.3 is 64.8 Å². The Bertz CT molecular complexity index is 1670. The number of amides is 1. The minimum Gasteiger partial charge on any atom is -0.394 e. The number of rotatable bonds is 20. The minimum absolute atomic E-state index is 0.0282. The van der Waals surface area contributed by atoms with Crippen LogP contribution in [0.3, 0.4) is 0 Å². The van der Waals surface area contributed by atoms with Crippen LogP contribution in [0.5, 0.6) is 0 Å². The number of ether oxygens (including phenoxy) is 6. The second-order valence-electron chi connectivity index (χ2n) is 11.8. The number of nitrogen functional groups attached to an aromatic ring is 1. The van der Waals surface area contributed by atoms with E-state index >= 15 is 0 Å². The molecule has 24 nitrogen and oxygen atoms in total.